The molecule has 2 aliphatic heterocycles. The van der Waals surface area contributed by atoms with Crippen molar-refractivity contribution in [1.82, 2.24) is 4.98 Å². The van der Waals surface area contributed by atoms with Crippen molar-refractivity contribution in [3.8, 4) is 0 Å². The van der Waals surface area contributed by atoms with Gasteiger partial charge < -0.3 is 15.8 Å². The lowest BCUT2D eigenvalue weighted by Gasteiger charge is -2.23. The van der Waals surface area contributed by atoms with Gasteiger partial charge in [0.15, 0.2) is 0 Å². The minimum absolute atomic E-state index is 0.331. The Morgan fingerprint density at radius 3 is 2.84 bits per heavy atom. The molecule has 3 heterocycles. The molecule has 0 saturated carbocycles. The molecule has 1 aromatic heterocycles. The van der Waals surface area contributed by atoms with Gasteiger partial charge in [0.25, 0.3) is 0 Å². The summed E-state index contributed by atoms with van der Waals surface area (Å²) in [6.07, 6.45) is 4.17. The second-order valence-corrected chi connectivity index (χ2v) is 5.94. The lowest BCUT2D eigenvalue weighted by atomic mass is 9.95. The summed E-state index contributed by atoms with van der Waals surface area (Å²) in [5.41, 5.74) is 9.56. The van der Waals surface area contributed by atoms with Crippen LogP contribution >= 0.6 is 12.2 Å². The van der Waals surface area contributed by atoms with Gasteiger partial charge in [-0.25, -0.2) is 0 Å². The van der Waals surface area contributed by atoms with E-state index in [1.165, 1.54) is 6.42 Å². The fraction of sp³-hybridized carbons (Fsp3) is 0.571. The molecular weight excluding hydrogens is 258 g/mol. The highest BCUT2D eigenvalue weighted by Gasteiger charge is 2.40. The van der Waals surface area contributed by atoms with E-state index in [2.05, 4.69) is 10.3 Å². The van der Waals surface area contributed by atoms with Gasteiger partial charge >= 0.3 is 0 Å². The van der Waals surface area contributed by atoms with Crippen LogP contribution in [0.3, 0.4) is 0 Å². The van der Waals surface area contributed by atoms with Crippen LogP contribution in [0.2, 0.25) is 0 Å². The van der Waals surface area contributed by atoms with Crippen LogP contribution in [0.1, 0.15) is 36.2 Å². The van der Waals surface area contributed by atoms with Crippen molar-refractivity contribution in [3.05, 3.63) is 23.0 Å². The van der Waals surface area contributed by atoms with Gasteiger partial charge in [-0.15, -0.1) is 0 Å². The van der Waals surface area contributed by atoms with Crippen LogP contribution in [-0.4, -0.2) is 28.2 Å². The molecular formula is C14H19N3OS. The maximum Gasteiger partial charge on any atom is 0.107 e. The molecule has 2 saturated heterocycles. The van der Waals surface area contributed by atoms with E-state index < -0.39 is 0 Å². The van der Waals surface area contributed by atoms with Crippen LogP contribution in [0, 0.1) is 13.8 Å². The molecule has 3 N–H and O–H groups in total. The summed E-state index contributed by atoms with van der Waals surface area (Å²) in [5, 5.41) is 3.57. The summed E-state index contributed by atoms with van der Waals surface area (Å²) in [6.45, 7) is 3.93. The molecule has 2 aliphatic rings. The second kappa shape index (κ2) is 4.72. The van der Waals surface area contributed by atoms with Crippen LogP contribution in [0.15, 0.2) is 6.07 Å². The molecule has 5 heteroatoms. The number of nitrogens with zero attached hydrogens (tertiary/aromatic N) is 1. The van der Waals surface area contributed by atoms with Crippen molar-refractivity contribution < 1.29 is 4.74 Å². The van der Waals surface area contributed by atoms with Crippen LogP contribution < -0.4 is 11.1 Å². The number of anilines is 1. The number of rotatable bonds is 3. The van der Waals surface area contributed by atoms with E-state index in [1.807, 2.05) is 19.9 Å². The standard InChI is InChI=1S/C14H19N3OS/c1-7-5-11(13(14(15)19)8(2)16-7)17-10-6-9-3-4-12(10)18-9/h5,9-10,12H,3-4,6H2,1-2H3,(H2,15,19)(H,16,17). The average molecular weight is 277 g/mol. The molecule has 0 spiro atoms. The Balaban J connectivity index is 1.89. The van der Waals surface area contributed by atoms with Crippen molar-refractivity contribution in [3.63, 3.8) is 0 Å². The molecule has 3 rings (SSSR count). The molecule has 19 heavy (non-hydrogen) atoms. The third kappa shape index (κ3) is 2.32. The zero-order valence-electron chi connectivity index (χ0n) is 11.3. The number of hydrogen-bond donors (Lipinski definition) is 2. The van der Waals surface area contributed by atoms with E-state index in [0.29, 0.717) is 23.2 Å². The van der Waals surface area contributed by atoms with Crippen LogP contribution in [0.4, 0.5) is 5.69 Å². The summed E-state index contributed by atoms with van der Waals surface area (Å²) in [6, 6.07) is 2.39. The Hall–Kier alpha value is -1.20. The number of aromatic nitrogens is 1. The molecule has 3 unspecified atom stereocenters. The van der Waals surface area contributed by atoms with Crippen LogP contribution in [0.25, 0.3) is 0 Å². The quantitative estimate of drug-likeness (QED) is 0.828. The van der Waals surface area contributed by atoms with Crippen LogP contribution in [-0.2, 0) is 4.74 Å². The number of nitrogens with two attached hydrogens (primary N) is 1. The maximum absolute atomic E-state index is 5.88. The normalized spacial score (nSPS) is 28.6. The van der Waals surface area contributed by atoms with Gasteiger partial charge in [0, 0.05) is 17.1 Å². The Morgan fingerprint density at radius 1 is 1.47 bits per heavy atom. The summed E-state index contributed by atoms with van der Waals surface area (Å²) in [4.78, 5) is 4.84. The fourth-order valence-electron chi connectivity index (χ4n) is 3.24. The number of fused-ring (bicyclic) bond motifs is 2. The first kappa shape index (κ1) is 12.8. The minimum Gasteiger partial charge on any atom is -0.389 e. The lowest BCUT2D eigenvalue weighted by molar-refractivity contribution is 0.102. The third-order valence-corrected chi connectivity index (χ3v) is 4.23. The van der Waals surface area contributed by atoms with E-state index in [-0.39, 0.29) is 0 Å². The van der Waals surface area contributed by atoms with E-state index in [1.54, 1.807) is 0 Å². The van der Waals surface area contributed by atoms with Gasteiger partial charge in [0.1, 0.15) is 4.99 Å². The van der Waals surface area contributed by atoms with Gasteiger partial charge in [-0.2, -0.15) is 0 Å². The first-order valence-corrected chi connectivity index (χ1v) is 7.15. The number of nitrogens with one attached hydrogen (secondary N) is 1. The summed E-state index contributed by atoms with van der Waals surface area (Å²) >= 11 is 5.15. The molecule has 4 nitrogen and oxygen atoms in total. The Bertz CT molecular complexity index is 532. The maximum atomic E-state index is 5.88. The van der Waals surface area contributed by atoms with Crippen molar-refractivity contribution in [2.75, 3.05) is 5.32 Å². The van der Waals surface area contributed by atoms with E-state index in [4.69, 9.17) is 22.7 Å². The first-order chi connectivity index (χ1) is 9.04. The Morgan fingerprint density at radius 2 is 2.26 bits per heavy atom. The van der Waals surface area contributed by atoms with Crippen molar-refractivity contribution >= 4 is 22.9 Å². The van der Waals surface area contributed by atoms with Gasteiger partial charge in [-0.1, -0.05) is 12.2 Å². The molecule has 0 radical (unpaired) electrons. The minimum atomic E-state index is 0.331. The molecule has 2 fully saturated rings. The largest absolute Gasteiger partial charge is 0.389 e. The number of thiocarbonyl (C=S) groups is 1. The van der Waals surface area contributed by atoms with Crippen LogP contribution in [0.5, 0.6) is 0 Å². The zero-order chi connectivity index (χ0) is 13.6. The monoisotopic (exact) mass is 277 g/mol. The zero-order valence-corrected chi connectivity index (χ0v) is 12.1. The first-order valence-electron chi connectivity index (χ1n) is 6.74. The molecule has 2 bridgehead atoms. The predicted octanol–water partition coefficient (Wildman–Crippen LogP) is 2.06. The van der Waals surface area contributed by atoms with E-state index in [0.717, 1.165) is 35.5 Å². The smallest absolute Gasteiger partial charge is 0.107 e. The molecule has 0 amide bonds. The third-order valence-electron chi connectivity index (χ3n) is 4.02. The van der Waals surface area contributed by atoms with Gasteiger partial charge in [0.2, 0.25) is 0 Å². The number of aryl methyl sites for hydroxylation is 2. The van der Waals surface area contributed by atoms with Crippen molar-refractivity contribution in [1.29, 1.82) is 0 Å². The Kier molecular flexibility index (Phi) is 3.19. The van der Waals surface area contributed by atoms with Gasteiger partial charge in [-0.05, 0) is 39.2 Å². The molecule has 0 aromatic carbocycles. The number of ether oxygens (including phenoxy) is 1. The average Bonchev–Trinajstić information content (AvgIpc) is 2.88. The van der Waals surface area contributed by atoms with Crippen molar-refractivity contribution in [2.45, 2.75) is 51.4 Å². The van der Waals surface area contributed by atoms with Gasteiger partial charge in [-0.3, -0.25) is 4.98 Å². The van der Waals surface area contributed by atoms with E-state index >= 15 is 0 Å². The predicted molar refractivity (Wildman–Crippen MR) is 79.5 cm³/mol. The highest BCUT2D eigenvalue weighted by Crippen LogP contribution is 2.36. The molecule has 0 aliphatic carbocycles. The number of hydrogen-bond acceptors (Lipinski definition) is 4. The molecule has 1 aromatic rings. The highest BCUT2D eigenvalue weighted by atomic mass is 32.1. The summed E-state index contributed by atoms with van der Waals surface area (Å²) < 4.78 is 5.88. The van der Waals surface area contributed by atoms with E-state index in [9.17, 15) is 0 Å². The number of pyridine rings is 1. The molecule has 102 valence electrons. The second-order valence-electron chi connectivity index (χ2n) is 5.50. The SMILES string of the molecule is Cc1cc(NC2CC3CCC2O3)c(C(N)=S)c(C)n1. The van der Waals surface area contributed by atoms with Crippen molar-refractivity contribution in [2.24, 2.45) is 5.73 Å². The fourth-order valence-corrected chi connectivity index (χ4v) is 3.50. The molecule has 3 atom stereocenters. The Labute approximate surface area is 118 Å². The van der Waals surface area contributed by atoms with Gasteiger partial charge in [0.05, 0.1) is 23.8 Å². The summed E-state index contributed by atoms with van der Waals surface area (Å²) in [5.74, 6) is 0. The topological polar surface area (TPSA) is 60.2 Å². The highest BCUT2D eigenvalue weighted by molar-refractivity contribution is 7.80. The summed E-state index contributed by atoms with van der Waals surface area (Å²) in [7, 11) is 0. The lowest BCUT2D eigenvalue weighted by Crippen LogP contribution is -2.31.